The highest BCUT2D eigenvalue weighted by atomic mass is 32.2. The maximum Gasteiger partial charge on any atom is 0.436 e. The molecule has 0 atom stereocenters. The molecular formula is C19H20N2O4S. The Labute approximate surface area is 156 Å². The number of amides is 2. The normalized spacial score (nSPS) is 10.9. The lowest BCUT2D eigenvalue weighted by Crippen LogP contribution is -2.32. The van der Waals surface area contributed by atoms with Crippen molar-refractivity contribution in [3.63, 3.8) is 0 Å². The lowest BCUT2D eigenvalue weighted by atomic mass is 10.2. The second-order valence-electron chi connectivity index (χ2n) is 5.24. The molecule has 2 aromatic carbocycles. The van der Waals surface area contributed by atoms with E-state index in [1.54, 1.807) is 6.26 Å². The van der Waals surface area contributed by atoms with Crippen LogP contribution in [0, 0.1) is 0 Å². The van der Waals surface area contributed by atoms with Gasteiger partial charge in [0.25, 0.3) is 0 Å². The van der Waals surface area contributed by atoms with Crippen LogP contribution in [-0.4, -0.2) is 35.6 Å². The largest absolute Gasteiger partial charge is 0.444 e. The predicted molar refractivity (Wildman–Crippen MR) is 102 cm³/mol. The Kier molecular flexibility index (Phi) is 7.70. The summed E-state index contributed by atoms with van der Waals surface area (Å²) in [5, 5.41) is 0.195. The molecule has 2 aromatic rings. The first-order valence-electron chi connectivity index (χ1n) is 7.88. The number of carbonyl (C=O) groups excluding carboxylic acids is 2. The summed E-state index contributed by atoms with van der Waals surface area (Å²) in [4.78, 5) is 29.0. The minimum Gasteiger partial charge on any atom is -0.444 e. The maximum atomic E-state index is 12.1. The first kappa shape index (κ1) is 19.5. The fourth-order valence-corrected chi connectivity index (χ4v) is 2.50. The Morgan fingerprint density at radius 3 is 1.92 bits per heavy atom. The molecule has 2 amide bonds. The zero-order valence-electron chi connectivity index (χ0n) is 14.6. The number of hydrogen-bond donors (Lipinski definition) is 0. The van der Waals surface area contributed by atoms with E-state index in [-0.39, 0.29) is 18.4 Å². The molecule has 0 saturated carbocycles. The quantitative estimate of drug-likeness (QED) is 0.591. The molecule has 26 heavy (non-hydrogen) atoms. The second kappa shape index (κ2) is 10.2. The molecule has 0 fully saturated rings. The maximum absolute atomic E-state index is 12.1. The van der Waals surface area contributed by atoms with Crippen LogP contribution in [0.25, 0.3) is 0 Å². The molecule has 0 radical (unpaired) electrons. The zero-order valence-corrected chi connectivity index (χ0v) is 15.4. The highest BCUT2D eigenvalue weighted by Crippen LogP contribution is 2.09. The molecule has 136 valence electrons. The fourth-order valence-electron chi connectivity index (χ4n) is 1.98. The van der Waals surface area contributed by atoms with Gasteiger partial charge in [0.05, 0.1) is 0 Å². The monoisotopic (exact) mass is 372 g/mol. The molecule has 0 aromatic heterocycles. The average molecular weight is 372 g/mol. The number of rotatable bonds is 4. The van der Waals surface area contributed by atoms with Gasteiger partial charge in [0.2, 0.25) is 0 Å². The van der Waals surface area contributed by atoms with Crippen LogP contribution in [0.5, 0.6) is 0 Å². The van der Waals surface area contributed by atoms with Gasteiger partial charge in [-0.3, -0.25) is 4.90 Å². The van der Waals surface area contributed by atoms with Gasteiger partial charge in [-0.15, -0.1) is 0 Å². The van der Waals surface area contributed by atoms with Crippen molar-refractivity contribution in [1.82, 2.24) is 4.90 Å². The third kappa shape index (κ3) is 6.25. The first-order valence-corrected chi connectivity index (χ1v) is 9.10. The molecule has 0 spiro atoms. The van der Waals surface area contributed by atoms with Crippen LogP contribution in [0.4, 0.5) is 9.59 Å². The summed E-state index contributed by atoms with van der Waals surface area (Å²) < 4.78 is 10.3. The van der Waals surface area contributed by atoms with E-state index in [4.69, 9.17) is 9.47 Å². The molecule has 0 aliphatic carbocycles. The molecule has 0 unspecified atom stereocenters. The second-order valence-corrected chi connectivity index (χ2v) is 6.01. The molecule has 0 aliphatic rings. The molecule has 0 bridgehead atoms. The lowest BCUT2D eigenvalue weighted by molar-refractivity contribution is 0.122. The summed E-state index contributed by atoms with van der Waals surface area (Å²) >= 11 is 1.15. The number of ether oxygens (including phenoxy) is 2. The highest BCUT2D eigenvalue weighted by Gasteiger charge is 2.17. The van der Waals surface area contributed by atoms with Crippen molar-refractivity contribution in [2.24, 2.45) is 4.99 Å². The molecule has 6 nitrogen and oxygen atoms in total. The third-order valence-corrected chi connectivity index (χ3v) is 4.07. The molecule has 7 heteroatoms. The van der Waals surface area contributed by atoms with Crippen molar-refractivity contribution in [3.05, 3.63) is 71.8 Å². The van der Waals surface area contributed by atoms with Crippen LogP contribution in [0.1, 0.15) is 11.1 Å². The van der Waals surface area contributed by atoms with Crippen LogP contribution < -0.4 is 0 Å². The SMILES string of the molecule is CS/C(=N\C(=O)OCc1ccccc1)N(C)C(=O)OCc1ccccc1. The van der Waals surface area contributed by atoms with Crippen LogP contribution in [-0.2, 0) is 22.7 Å². The third-order valence-electron chi connectivity index (χ3n) is 3.34. The topological polar surface area (TPSA) is 68.2 Å². The van der Waals surface area contributed by atoms with Gasteiger partial charge in [-0.2, -0.15) is 4.99 Å². The van der Waals surface area contributed by atoms with Gasteiger partial charge in [0, 0.05) is 7.05 Å². The van der Waals surface area contributed by atoms with Crippen LogP contribution >= 0.6 is 11.8 Å². The van der Waals surface area contributed by atoms with Gasteiger partial charge in [-0.05, 0) is 17.4 Å². The van der Waals surface area contributed by atoms with Crippen LogP contribution in [0.15, 0.2) is 65.7 Å². The Morgan fingerprint density at radius 1 is 0.923 bits per heavy atom. The average Bonchev–Trinajstić information content (AvgIpc) is 2.69. The molecule has 2 rings (SSSR count). The van der Waals surface area contributed by atoms with E-state index in [1.165, 1.54) is 11.9 Å². The van der Waals surface area contributed by atoms with E-state index in [0.29, 0.717) is 0 Å². The van der Waals surface area contributed by atoms with Crippen LogP contribution in [0.2, 0.25) is 0 Å². The molecule has 0 N–H and O–H groups in total. The predicted octanol–water partition coefficient (Wildman–Crippen LogP) is 4.31. The van der Waals surface area contributed by atoms with Gasteiger partial charge in [0.15, 0.2) is 5.17 Å². The van der Waals surface area contributed by atoms with Crippen molar-refractivity contribution in [2.75, 3.05) is 13.3 Å². The number of carbonyl (C=O) groups is 2. The van der Waals surface area contributed by atoms with Crippen molar-refractivity contribution in [3.8, 4) is 0 Å². The number of thioether (sulfide) groups is 1. The van der Waals surface area contributed by atoms with Gasteiger partial charge < -0.3 is 9.47 Å². The molecule has 0 saturated heterocycles. The Bertz CT molecular complexity index is 751. The number of aliphatic imine (C=N–C) groups is 1. The Hall–Kier alpha value is -2.80. The smallest absolute Gasteiger partial charge is 0.436 e. The number of nitrogens with zero attached hydrogens (tertiary/aromatic N) is 2. The van der Waals surface area contributed by atoms with Crippen LogP contribution in [0.3, 0.4) is 0 Å². The molecule has 0 heterocycles. The first-order chi connectivity index (χ1) is 12.6. The zero-order chi connectivity index (χ0) is 18.8. The minimum absolute atomic E-state index is 0.118. The Balaban J connectivity index is 1.89. The Morgan fingerprint density at radius 2 is 1.42 bits per heavy atom. The van der Waals surface area contributed by atoms with E-state index in [2.05, 4.69) is 4.99 Å². The minimum atomic E-state index is -0.763. The van der Waals surface area contributed by atoms with Gasteiger partial charge in [-0.25, -0.2) is 9.59 Å². The van der Waals surface area contributed by atoms with Crippen molar-refractivity contribution < 1.29 is 19.1 Å². The number of benzene rings is 2. The fraction of sp³-hybridized carbons (Fsp3) is 0.211. The summed E-state index contributed by atoms with van der Waals surface area (Å²) in [6, 6.07) is 18.6. The summed E-state index contributed by atoms with van der Waals surface area (Å²) in [7, 11) is 1.49. The van der Waals surface area contributed by atoms with Gasteiger partial charge in [-0.1, -0.05) is 72.4 Å². The standard InChI is InChI=1S/C19H20N2O4S/c1-21(19(23)25-14-16-11-7-4-8-12-16)17(26-2)20-18(22)24-13-15-9-5-3-6-10-15/h3-12H,13-14H2,1-2H3/b20-17-. The summed E-state index contributed by atoms with van der Waals surface area (Å²) in [5.74, 6) is 0. The van der Waals surface area contributed by atoms with Gasteiger partial charge >= 0.3 is 12.2 Å². The van der Waals surface area contributed by atoms with E-state index < -0.39 is 12.2 Å². The van der Waals surface area contributed by atoms with Crippen molar-refractivity contribution in [1.29, 1.82) is 0 Å². The summed E-state index contributed by atoms with van der Waals surface area (Å²) in [6.45, 7) is 0.261. The van der Waals surface area contributed by atoms with E-state index in [9.17, 15) is 9.59 Å². The van der Waals surface area contributed by atoms with Crippen molar-refractivity contribution >= 4 is 29.1 Å². The molecule has 0 aliphatic heterocycles. The molecular weight excluding hydrogens is 352 g/mol. The van der Waals surface area contributed by atoms with Crippen molar-refractivity contribution in [2.45, 2.75) is 13.2 Å². The van der Waals surface area contributed by atoms with E-state index in [0.717, 1.165) is 22.9 Å². The number of hydrogen-bond acceptors (Lipinski definition) is 5. The lowest BCUT2D eigenvalue weighted by Gasteiger charge is -2.17. The van der Waals surface area contributed by atoms with Gasteiger partial charge in [0.1, 0.15) is 13.2 Å². The highest BCUT2D eigenvalue weighted by molar-refractivity contribution is 8.13. The summed E-state index contributed by atoms with van der Waals surface area (Å²) in [6.07, 6.45) is 0.350. The van der Waals surface area contributed by atoms with E-state index in [1.807, 2.05) is 60.7 Å². The van der Waals surface area contributed by atoms with E-state index >= 15 is 0 Å². The summed E-state index contributed by atoms with van der Waals surface area (Å²) in [5.41, 5.74) is 1.73. The number of amidine groups is 1.